The quantitative estimate of drug-likeness (QED) is 0.0335. The van der Waals surface area contributed by atoms with Gasteiger partial charge in [-0.05, 0) is 79.8 Å². The highest BCUT2D eigenvalue weighted by Gasteiger charge is 2.65. The van der Waals surface area contributed by atoms with Crippen molar-refractivity contribution in [1.82, 2.24) is 10.2 Å². The van der Waals surface area contributed by atoms with Crippen LogP contribution in [0.5, 0.6) is 17.2 Å². The van der Waals surface area contributed by atoms with Crippen molar-refractivity contribution in [2.24, 2.45) is 22.9 Å². The summed E-state index contributed by atoms with van der Waals surface area (Å²) >= 11 is 0. The molecule has 0 spiro atoms. The summed E-state index contributed by atoms with van der Waals surface area (Å²) in [5.41, 5.74) is 2.12. The normalized spacial score (nSPS) is 22.6. The van der Waals surface area contributed by atoms with Crippen LogP contribution in [0.25, 0.3) is 0 Å². The van der Waals surface area contributed by atoms with Crippen LogP contribution in [0.3, 0.4) is 0 Å². The molecule has 15 nitrogen and oxygen atoms in total. The Morgan fingerprint density at radius 1 is 0.938 bits per heavy atom. The van der Waals surface area contributed by atoms with Crippen LogP contribution in [0.15, 0.2) is 71.9 Å². The van der Waals surface area contributed by atoms with Gasteiger partial charge in [-0.15, -0.1) is 6.58 Å². The van der Waals surface area contributed by atoms with Crippen LogP contribution in [0.4, 0.5) is 15.3 Å². The zero-order chi connectivity index (χ0) is 45.9. The Balaban J connectivity index is 1.49. The van der Waals surface area contributed by atoms with Gasteiger partial charge in [-0.25, -0.2) is 9.59 Å². The molecule has 0 aromatic heterocycles. The van der Waals surface area contributed by atoms with Crippen LogP contribution in [-0.4, -0.2) is 90.3 Å². The predicted molar refractivity (Wildman–Crippen MR) is 245 cm³/mol. The molecule has 2 amide bonds. The number of oxime groups is 1. The van der Waals surface area contributed by atoms with Gasteiger partial charge in [0.25, 0.3) is 5.69 Å². The minimum absolute atomic E-state index is 0.0157. The first-order chi connectivity index (χ1) is 31.1. The van der Waals surface area contributed by atoms with E-state index in [0.717, 1.165) is 56.1 Å². The van der Waals surface area contributed by atoms with Gasteiger partial charge in [0, 0.05) is 56.8 Å². The van der Waals surface area contributed by atoms with Crippen LogP contribution in [0, 0.1) is 27.9 Å². The van der Waals surface area contributed by atoms with E-state index in [1.54, 1.807) is 25.3 Å². The third kappa shape index (κ3) is 12.8. The summed E-state index contributed by atoms with van der Waals surface area (Å²) in [7, 11) is 3.06. The minimum Gasteiger partial charge on any atom is -0.459 e. The number of ether oxygens (including phenoxy) is 4. The number of nitro groups is 1. The van der Waals surface area contributed by atoms with E-state index in [-0.39, 0.29) is 55.4 Å². The molecular formula is C49H70N4O11. The second-order valence-electron chi connectivity index (χ2n) is 17.2. The lowest BCUT2D eigenvalue weighted by atomic mass is 9.55. The van der Waals surface area contributed by atoms with E-state index in [4.69, 9.17) is 23.8 Å². The van der Waals surface area contributed by atoms with Gasteiger partial charge in [0.2, 0.25) is 5.79 Å². The summed E-state index contributed by atoms with van der Waals surface area (Å²) in [5.74, 6) is -1.47. The number of aliphatic hydroxyl groups is 2. The van der Waals surface area contributed by atoms with Gasteiger partial charge in [0.15, 0.2) is 0 Å². The van der Waals surface area contributed by atoms with E-state index in [2.05, 4.69) is 30.1 Å². The van der Waals surface area contributed by atoms with Crippen molar-refractivity contribution in [2.45, 2.75) is 134 Å². The highest BCUT2D eigenvalue weighted by Crippen LogP contribution is 2.61. The fourth-order valence-electron chi connectivity index (χ4n) is 9.78. The summed E-state index contributed by atoms with van der Waals surface area (Å²) in [6.07, 6.45) is 19.0. The maximum Gasteiger partial charge on any atom is 0.415 e. The molecule has 3 aliphatic rings. The first-order valence-electron chi connectivity index (χ1n) is 23.4. The SMILES string of the molecule is C=CCO[C@@]12Oc3ccc(OC(=O)NCCCCCCCCCCCC)cc3[C@H]3[C@H](CCCCO)[C@@H](CCCCO)C=C(C(=NOC)C[C@@H]1N(C)C(=O)Oc1ccc([N+](=O)[O-])cc1)[C@H]32. The maximum absolute atomic E-state index is 14.1. The molecule has 0 saturated heterocycles. The number of nitro benzene ring substituents is 1. The highest BCUT2D eigenvalue weighted by molar-refractivity contribution is 6.03. The second kappa shape index (κ2) is 25.5. The molecule has 1 aliphatic heterocycles. The Labute approximate surface area is 378 Å². The molecule has 6 atom stereocenters. The molecule has 5 rings (SSSR count). The number of allylic oxidation sites excluding steroid dienone is 1. The van der Waals surface area contributed by atoms with Gasteiger partial charge in [-0.1, -0.05) is 94.9 Å². The van der Waals surface area contributed by atoms with Gasteiger partial charge in [-0.2, -0.15) is 0 Å². The summed E-state index contributed by atoms with van der Waals surface area (Å²) < 4.78 is 25.7. The number of unbranched alkanes of at least 4 members (excludes halogenated alkanes) is 11. The Morgan fingerprint density at radius 2 is 1.59 bits per heavy atom. The van der Waals surface area contributed by atoms with Crippen LogP contribution in [-0.2, 0) is 9.57 Å². The number of benzene rings is 2. The Hall–Kier alpha value is -4.99. The summed E-state index contributed by atoms with van der Waals surface area (Å²) in [4.78, 5) is 45.0. The number of aliphatic hydroxyl groups excluding tert-OH is 2. The third-order valence-electron chi connectivity index (χ3n) is 12.9. The van der Waals surface area contributed by atoms with Gasteiger partial charge >= 0.3 is 12.2 Å². The zero-order valence-corrected chi connectivity index (χ0v) is 38.0. The number of nitrogens with one attached hydrogen (secondary N) is 1. The number of non-ortho nitro benzene ring substituents is 1. The lowest BCUT2D eigenvalue weighted by Crippen LogP contribution is -2.69. The van der Waals surface area contributed by atoms with Crippen molar-refractivity contribution >= 4 is 23.6 Å². The van der Waals surface area contributed by atoms with Crippen LogP contribution in [0.2, 0.25) is 0 Å². The first kappa shape index (κ1) is 50.0. The number of hydrogen-bond donors (Lipinski definition) is 3. The van der Waals surface area contributed by atoms with Crippen molar-refractivity contribution in [1.29, 1.82) is 0 Å². The molecule has 15 heteroatoms. The average molecular weight is 891 g/mol. The Bertz CT molecular complexity index is 1890. The number of carbonyl (C=O) groups excluding carboxylic acids is 2. The number of nitrogens with zero attached hydrogens (tertiary/aromatic N) is 3. The predicted octanol–water partition coefficient (Wildman–Crippen LogP) is 10.00. The van der Waals surface area contributed by atoms with Crippen molar-refractivity contribution in [3.05, 3.63) is 82.4 Å². The highest BCUT2D eigenvalue weighted by atomic mass is 16.7. The van der Waals surface area contributed by atoms with Crippen LogP contribution < -0.4 is 19.5 Å². The van der Waals surface area contributed by atoms with Crippen molar-refractivity contribution < 1.29 is 48.5 Å². The summed E-state index contributed by atoms with van der Waals surface area (Å²) in [6, 6.07) is 9.76. The third-order valence-corrected chi connectivity index (χ3v) is 12.9. The van der Waals surface area contributed by atoms with E-state index in [1.807, 2.05) is 6.07 Å². The largest absolute Gasteiger partial charge is 0.459 e. The van der Waals surface area contributed by atoms with Crippen molar-refractivity contribution in [2.75, 3.05) is 40.5 Å². The lowest BCUT2D eigenvalue weighted by Gasteiger charge is -2.59. The molecule has 1 saturated carbocycles. The standard InChI is InChI=1S/C49H70N4O11/c1-5-7-8-9-10-11-12-13-14-17-28-50-47(56)62-38-26-27-43-41(33-38)45-39(21-16-19-30-55)35(20-15-18-29-54)32-40-42(51-60-4)34-44(49(64-43,46(40)45)61-31-6-2)52(3)48(57)63-37-24-22-36(23-25-37)53(58)59/h6,22-27,32-33,35,39,44-46,54-55H,2,5,7-21,28-31,34H2,1,3-4H3,(H,50,56)/t35-,39+,44-,45+,46+,49+/m0/s1. The number of likely N-dealkylation sites (N-methyl/N-ethyl adjacent to an activating group) is 1. The second-order valence-corrected chi connectivity index (χ2v) is 17.2. The molecule has 0 radical (unpaired) electrons. The van der Waals surface area contributed by atoms with Crippen LogP contribution >= 0.6 is 0 Å². The first-order valence-corrected chi connectivity index (χ1v) is 23.4. The number of fused-ring (bicyclic) bond motifs is 2. The number of hydrogen-bond acceptors (Lipinski definition) is 12. The van der Waals surface area contributed by atoms with Gasteiger partial charge in [0.05, 0.1) is 23.2 Å². The Morgan fingerprint density at radius 3 is 2.23 bits per heavy atom. The van der Waals surface area contributed by atoms with E-state index in [0.29, 0.717) is 36.6 Å². The van der Waals surface area contributed by atoms with Crippen molar-refractivity contribution in [3.8, 4) is 17.2 Å². The van der Waals surface area contributed by atoms with E-state index >= 15 is 0 Å². The van der Waals surface area contributed by atoms with E-state index in [9.17, 15) is 29.9 Å². The Kier molecular flexibility index (Phi) is 19.9. The molecule has 1 heterocycles. The van der Waals surface area contributed by atoms with Gasteiger partial charge in [0.1, 0.15) is 30.4 Å². The molecule has 64 heavy (non-hydrogen) atoms. The molecule has 2 aromatic carbocycles. The smallest absolute Gasteiger partial charge is 0.415 e. The summed E-state index contributed by atoms with van der Waals surface area (Å²) in [6.45, 7) is 6.87. The molecular weight excluding hydrogens is 821 g/mol. The number of amides is 2. The van der Waals surface area contributed by atoms with E-state index in [1.165, 1.54) is 81.2 Å². The number of rotatable bonds is 27. The molecule has 2 aliphatic carbocycles. The fourth-order valence-corrected chi connectivity index (χ4v) is 9.78. The topological polar surface area (TPSA) is 192 Å². The minimum atomic E-state index is -1.52. The molecule has 1 fully saturated rings. The van der Waals surface area contributed by atoms with Crippen molar-refractivity contribution in [3.63, 3.8) is 0 Å². The molecule has 2 aromatic rings. The van der Waals surface area contributed by atoms with Crippen LogP contribution in [0.1, 0.15) is 128 Å². The van der Waals surface area contributed by atoms with Gasteiger partial charge < -0.3 is 44.2 Å². The fraction of sp³-hybridized carbons (Fsp3) is 0.612. The number of carbonyl (C=O) groups is 2. The molecule has 3 N–H and O–H groups in total. The van der Waals surface area contributed by atoms with Gasteiger partial charge in [-0.3, -0.25) is 10.1 Å². The van der Waals surface area contributed by atoms with E-state index < -0.39 is 34.9 Å². The monoisotopic (exact) mass is 891 g/mol. The molecule has 0 unspecified atom stereocenters. The maximum atomic E-state index is 14.1. The zero-order valence-electron chi connectivity index (χ0n) is 38.0. The average Bonchev–Trinajstić information content (AvgIpc) is 3.29. The molecule has 0 bridgehead atoms. The summed E-state index contributed by atoms with van der Waals surface area (Å²) in [5, 5.41) is 38.5. The lowest BCUT2D eigenvalue weighted by molar-refractivity contribution is -0.384. The molecule has 352 valence electrons.